The maximum Gasteiger partial charge on any atom is 0.343 e. The van der Waals surface area contributed by atoms with E-state index < -0.39 is 29.8 Å². The SMILES string of the molecule is C=CC(=O)OCOc1ccc2cc(C(=O)Oc3ccc(OC(=O)c4ccc5cc(OCOC(=O)C=C)ccc5c4)c(OC(C)=O)c3)ccc2c1. The summed E-state index contributed by atoms with van der Waals surface area (Å²) in [6.07, 6.45) is 2.06. The highest BCUT2D eigenvalue weighted by Crippen LogP contribution is 2.33. The van der Waals surface area contributed by atoms with Gasteiger partial charge in [-0.25, -0.2) is 19.2 Å². The first-order valence-corrected chi connectivity index (χ1v) is 14.8. The van der Waals surface area contributed by atoms with Crippen molar-refractivity contribution in [3.8, 4) is 28.7 Å². The van der Waals surface area contributed by atoms with Crippen LogP contribution in [0.4, 0.5) is 0 Å². The molecule has 5 aromatic carbocycles. The average Bonchev–Trinajstić information content (AvgIpc) is 3.11. The van der Waals surface area contributed by atoms with Crippen molar-refractivity contribution in [3.63, 3.8) is 0 Å². The summed E-state index contributed by atoms with van der Waals surface area (Å²) in [5.74, 6) is -2.61. The van der Waals surface area contributed by atoms with Crippen LogP contribution in [0.2, 0.25) is 0 Å². The Morgan fingerprint density at radius 3 is 1.48 bits per heavy atom. The van der Waals surface area contributed by atoms with Crippen LogP contribution in [0, 0.1) is 0 Å². The summed E-state index contributed by atoms with van der Waals surface area (Å²) in [6.45, 7) is 7.24. The number of esters is 5. The zero-order chi connectivity index (χ0) is 35.6. The molecule has 0 fully saturated rings. The second-order valence-corrected chi connectivity index (χ2v) is 10.3. The van der Waals surface area contributed by atoms with Gasteiger partial charge in [0.1, 0.15) is 17.2 Å². The molecule has 0 aliphatic carbocycles. The Labute approximate surface area is 285 Å². The fourth-order valence-electron chi connectivity index (χ4n) is 4.51. The number of rotatable bonds is 13. The Balaban J connectivity index is 1.26. The molecule has 5 aromatic rings. The van der Waals surface area contributed by atoms with Gasteiger partial charge in [0.25, 0.3) is 0 Å². The minimum absolute atomic E-state index is 0.0342. The third-order valence-corrected chi connectivity index (χ3v) is 6.86. The Hall–Kier alpha value is -6.95. The van der Waals surface area contributed by atoms with Crippen molar-refractivity contribution in [2.75, 3.05) is 13.6 Å². The van der Waals surface area contributed by atoms with Crippen LogP contribution in [0.1, 0.15) is 27.6 Å². The first kappa shape index (κ1) is 34.4. The standard InChI is InChI=1S/C38H28O12/c1-4-35(40)46-21-44-30-12-10-24-16-28(8-6-26(24)18-30)37(42)49-32-14-15-33(34(20-32)48-23(3)39)50-38(43)29-9-7-27-19-31(13-11-25(27)17-29)45-22-47-36(41)5-2/h4-20H,1-2,21-22H2,3H3. The highest BCUT2D eigenvalue weighted by Gasteiger charge is 2.18. The van der Waals surface area contributed by atoms with Crippen molar-refractivity contribution in [2.45, 2.75) is 6.92 Å². The monoisotopic (exact) mass is 676 g/mol. The molecule has 0 radical (unpaired) electrons. The fourth-order valence-corrected chi connectivity index (χ4v) is 4.51. The average molecular weight is 677 g/mol. The molecule has 0 unspecified atom stereocenters. The predicted octanol–water partition coefficient (Wildman–Crippen LogP) is 6.49. The maximum absolute atomic E-state index is 13.1. The van der Waals surface area contributed by atoms with Gasteiger partial charge >= 0.3 is 29.8 Å². The molecule has 5 rings (SSSR count). The van der Waals surface area contributed by atoms with E-state index in [1.807, 2.05) is 0 Å². The van der Waals surface area contributed by atoms with Gasteiger partial charge in [-0.3, -0.25) is 4.79 Å². The van der Waals surface area contributed by atoms with Crippen LogP contribution >= 0.6 is 0 Å². The summed E-state index contributed by atoms with van der Waals surface area (Å²) < 4.78 is 36.8. The second-order valence-electron chi connectivity index (χ2n) is 10.3. The summed E-state index contributed by atoms with van der Waals surface area (Å²) in [7, 11) is 0. The molecule has 0 aliphatic rings. The molecule has 12 heteroatoms. The molecule has 0 aromatic heterocycles. The van der Waals surface area contributed by atoms with E-state index in [0.717, 1.165) is 22.9 Å². The third kappa shape index (κ3) is 8.89. The molecule has 50 heavy (non-hydrogen) atoms. The van der Waals surface area contributed by atoms with E-state index in [9.17, 15) is 24.0 Å². The lowest BCUT2D eigenvalue weighted by atomic mass is 10.1. The molecule has 0 saturated carbocycles. The zero-order valence-electron chi connectivity index (χ0n) is 26.5. The molecule has 0 heterocycles. The van der Waals surface area contributed by atoms with Gasteiger partial charge in [-0.15, -0.1) is 0 Å². The van der Waals surface area contributed by atoms with Crippen LogP contribution in [0.25, 0.3) is 21.5 Å². The van der Waals surface area contributed by atoms with E-state index in [0.29, 0.717) is 22.3 Å². The van der Waals surface area contributed by atoms with Crippen LogP contribution in [-0.2, 0) is 23.9 Å². The molecule has 252 valence electrons. The topological polar surface area (TPSA) is 150 Å². The minimum Gasteiger partial charge on any atom is -0.457 e. The van der Waals surface area contributed by atoms with Crippen LogP contribution in [0.15, 0.2) is 116 Å². The summed E-state index contributed by atoms with van der Waals surface area (Å²) in [5, 5.41) is 2.92. The number of carbonyl (C=O) groups is 5. The number of benzene rings is 5. The molecular formula is C38H28O12. The molecule has 0 spiro atoms. The van der Waals surface area contributed by atoms with Crippen molar-refractivity contribution in [2.24, 2.45) is 0 Å². The van der Waals surface area contributed by atoms with E-state index >= 15 is 0 Å². The van der Waals surface area contributed by atoms with Crippen LogP contribution in [0.5, 0.6) is 28.7 Å². The van der Waals surface area contributed by atoms with Gasteiger partial charge in [-0.05, 0) is 82.2 Å². The van der Waals surface area contributed by atoms with Crippen LogP contribution in [0.3, 0.4) is 0 Å². The Morgan fingerprint density at radius 1 is 0.520 bits per heavy atom. The fraction of sp³-hybridized carbons (Fsp3) is 0.0789. The lowest BCUT2D eigenvalue weighted by molar-refractivity contribution is -0.145. The molecule has 0 atom stereocenters. The smallest absolute Gasteiger partial charge is 0.343 e. The normalized spacial score (nSPS) is 10.4. The lowest BCUT2D eigenvalue weighted by Gasteiger charge is -2.12. The first-order chi connectivity index (χ1) is 24.1. The van der Waals surface area contributed by atoms with E-state index in [-0.39, 0.29) is 42.0 Å². The summed E-state index contributed by atoms with van der Waals surface area (Å²) in [5.41, 5.74) is 0.447. The van der Waals surface area contributed by atoms with Gasteiger partial charge in [-0.1, -0.05) is 37.4 Å². The molecule has 0 aliphatic heterocycles. The van der Waals surface area contributed by atoms with Crippen LogP contribution in [-0.4, -0.2) is 43.4 Å². The Bertz CT molecular complexity index is 2150. The highest BCUT2D eigenvalue weighted by molar-refractivity contribution is 5.98. The predicted molar refractivity (Wildman–Crippen MR) is 179 cm³/mol. The van der Waals surface area contributed by atoms with Crippen molar-refractivity contribution in [3.05, 3.63) is 127 Å². The Kier molecular flexibility index (Phi) is 10.8. The minimum atomic E-state index is -0.732. The van der Waals surface area contributed by atoms with Crippen molar-refractivity contribution < 1.29 is 57.1 Å². The van der Waals surface area contributed by atoms with Gasteiger partial charge in [0, 0.05) is 25.1 Å². The van der Waals surface area contributed by atoms with Crippen molar-refractivity contribution >= 4 is 51.4 Å². The summed E-state index contributed by atoms with van der Waals surface area (Å²) >= 11 is 0. The largest absolute Gasteiger partial charge is 0.457 e. The Morgan fingerprint density at radius 2 is 0.980 bits per heavy atom. The highest BCUT2D eigenvalue weighted by atomic mass is 16.7. The first-order valence-electron chi connectivity index (χ1n) is 14.8. The van der Waals surface area contributed by atoms with Crippen LogP contribution < -0.4 is 23.7 Å². The molecule has 0 N–H and O–H groups in total. The number of fused-ring (bicyclic) bond motifs is 2. The number of hydrogen-bond acceptors (Lipinski definition) is 12. The van der Waals surface area contributed by atoms with E-state index in [1.165, 1.54) is 25.1 Å². The van der Waals surface area contributed by atoms with Gasteiger partial charge < -0.3 is 33.2 Å². The molecule has 12 nitrogen and oxygen atoms in total. The second kappa shape index (κ2) is 15.8. The number of ether oxygens (including phenoxy) is 7. The number of carbonyl (C=O) groups excluding carboxylic acids is 5. The van der Waals surface area contributed by atoms with Gasteiger partial charge in [0.05, 0.1) is 11.1 Å². The molecule has 0 saturated heterocycles. The third-order valence-electron chi connectivity index (χ3n) is 6.86. The summed E-state index contributed by atoms with van der Waals surface area (Å²) in [6, 6.07) is 23.9. The maximum atomic E-state index is 13.1. The zero-order valence-corrected chi connectivity index (χ0v) is 26.5. The molecular weight excluding hydrogens is 648 g/mol. The van der Waals surface area contributed by atoms with E-state index in [4.69, 9.17) is 33.2 Å². The summed E-state index contributed by atoms with van der Waals surface area (Å²) in [4.78, 5) is 60.4. The quantitative estimate of drug-likeness (QED) is 0.0581. The van der Waals surface area contributed by atoms with E-state index in [2.05, 4.69) is 13.2 Å². The van der Waals surface area contributed by atoms with Gasteiger partial charge in [-0.2, -0.15) is 0 Å². The molecule has 0 bridgehead atoms. The van der Waals surface area contributed by atoms with E-state index in [1.54, 1.807) is 72.8 Å². The van der Waals surface area contributed by atoms with Gasteiger partial charge in [0.15, 0.2) is 11.5 Å². The van der Waals surface area contributed by atoms with Crippen molar-refractivity contribution in [1.82, 2.24) is 0 Å². The van der Waals surface area contributed by atoms with Gasteiger partial charge in [0.2, 0.25) is 13.6 Å². The lowest BCUT2D eigenvalue weighted by Crippen LogP contribution is -2.12. The van der Waals surface area contributed by atoms with Crippen molar-refractivity contribution in [1.29, 1.82) is 0 Å². The molecule has 0 amide bonds. The number of hydrogen-bond donors (Lipinski definition) is 0.